The fourth-order valence-electron chi connectivity index (χ4n) is 3.64. The van der Waals surface area contributed by atoms with Gasteiger partial charge in [-0.05, 0) is 24.3 Å². The fourth-order valence-corrected chi connectivity index (χ4v) is 3.80. The Kier molecular flexibility index (Phi) is 5.16. The monoisotopic (exact) mass is 452 g/mol. The van der Waals surface area contributed by atoms with Crippen LogP contribution in [0.4, 0.5) is 4.39 Å². The first-order valence-electron chi connectivity index (χ1n) is 9.78. The van der Waals surface area contributed by atoms with Crippen LogP contribution in [-0.4, -0.2) is 32.2 Å². The van der Waals surface area contributed by atoms with E-state index in [1.54, 1.807) is 12.3 Å². The zero-order valence-electron chi connectivity index (χ0n) is 16.9. The average molecular weight is 453 g/mol. The highest BCUT2D eigenvalue weighted by molar-refractivity contribution is 6.31. The Bertz CT molecular complexity index is 1400. The van der Waals surface area contributed by atoms with Gasteiger partial charge in [0.2, 0.25) is 0 Å². The number of aliphatic hydroxyl groups excluding tert-OH is 1. The molecule has 0 aliphatic heterocycles. The Morgan fingerprint density at radius 2 is 2.00 bits per heavy atom. The summed E-state index contributed by atoms with van der Waals surface area (Å²) >= 11 is 6.03. The second kappa shape index (κ2) is 8.14. The molecular weight excluding hydrogens is 435 g/mol. The molecule has 0 saturated heterocycles. The maximum atomic E-state index is 15.0. The maximum absolute atomic E-state index is 15.0. The molecule has 5 aromatic rings. The van der Waals surface area contributed by atoms with E-state index in [-0.39, 0.29) is 23.7 Å². The van der Waals surface area contributed by atoms with Gasteiger partial charge in [0, 0.05) is 35.0 Å². The van der Waals surface area contributed by atoms with Crippen molar-refractivity contribution in [2.24, 2.45) is 0 Å². The number of aromatic nitrogens is 4. The SMILES string of the molecule is COc1cc(C(O)c2c[nH]c3ncc(Cl)cc23)c(F)cc1OCc1nc2ccccc2[nH]1. The Morgan fingerprint density at radius 1 is 1.16 bits per heavy atom. The zero-order valence-corrected chi connectivity index (χ0v) is 17.7. The van der Waals surface area contributed by atoms with Crippen molar-refractivity contribution in [1.29, 1.82) is 0 Å². The van der Waals surface area contributed by atoms with Crippen LogP contribution < -0.4 is 9.47 Å². The summed E-state index contributed by atoms with van der Waals surface area (Å²) in [6.07, 6.45) is 1.81. The van der Waals surface area contributed by atoms with E-state index in [9.17, 15) is 5.11 Å². The van der Waals surface area contributed by atoms with Gasteiger partial charge in [-0.15, -0.1) is 0 Å². The molecule has 2 aromatic carbocycles. The number of aromatic amines is 2. The third-order valence-electron chi connectivity index (χ3n) is 5.20. The Balaban J connectivity index is 1.44. The van der Waals surface area contributed by atoms with Crippen LogP contribution in [-0.2, 0) is 6.61 Å². The van der Waals surface area contributed by atoms with Crippen molar-refractivity contribution in [3.05, 3.63) is 82.6 Å². The summed E-state index contributed by atoms with van der Waals surface area (Å²) < 4.78 is 26.2. The molecule has 0 bridgehead atoms. The summed E-state index contributed by atoms with van der Waals surface area (Å²) in [6.45, 7) is 0.0962. The number of benzene rings is 2. The van der Waals surface area contributed by atoms with E-state index in [0.29, 0.717) is 27.4 Å². The third-order valence-corrected chi connectivity index (χ3v) is 5.41. The van der Waals surface area contributed by atoms with Crippen molar-refractivity contribution in [3.63, 3.8) is 0 Å². The molecule has 5 rings (SSSR count). The van der Waals surface area contributed by atoms with E-state index in [0.717, 1.165) is 11.0 Å². The number of imidazole rings is 1. The third kappa shape index (κ3) is 3.63. The first-order valence-corrected chi connectivity index (χ1v) is 10.2. The van der Waals surface area contributed by atoms with Gasteiger partial charge in [0.15, 0.2) is 11.5 Å². The maximum Gasteiger partial charge on any atom is 0.164 e. The van der Waals surface area contributed by atoms with Gasteiger partial charge in [0.05, 0.1) is 23.2 Å². The number of rotatable bonds is 6. The van der Waals surface area contributed by atoms with Crippen molar-refractivity contribution >= 4 is 33.7 Å². The molecule has 3 aromatic heterocycles. The molecule has 7 nitrogen and oxygen atoms in total. The molecular formula is C23H18ClFN4O3. The first-order chi connectivity index (χ1) is 15.5. The number of para-hydroxylation sites is 2. The fraction of sp³-hybridized carbons (Fsp3) is 0.130. The van der Waals surface area contributed by atoms with E-state index in [1.165, 1.54) is 25.4 Å². The predicted molar refractivity (Wildman–Crippen MR) is 119 cm³/mol. The van der Waals surface area contributed by atoms with Crippen LogP contribution in [0.1, 0.15) is 23.1 Å². The van der Waals surface area contributed by atoms with E-state index >= 15 is 4.39 Å². The van der Waals surface area contributed by atoms with Crippen LogP contribution in [0, 0.1) is 5.82 Å². The van der Waals surface area contributed by atoms with Crippen molar-refractivity contribution in [2.45, 2.75) is 12.7 Å². The second-order valence-corrected chi connectivity index (χ2v) is 7.65. The van der Waals surface area contributed by atoms with Crippen LogP contribution in [0.25, 0.3) is 22.1 Å². The largest absolute Gasteiger partial charge is 0.493 e. The van der Waals surface area contributed by atoms with Gasteiger partial charge in [-0.3, -0.25) is 0 Å². The van der Waals surface area contributed by atoms with Crippen LogP contribution >= 0.6 is 11.6 Å². The number of fused-ring (bicyclic) bond motifs is 2. The van der Waals surface area contributed by atoms with Gasteiger partial charge in [-0.25, -0.2) is 14.4 Å². The molecule has 0 aliphatic carbocycles. The quantitative estimate of drug-likeness (QED) is 0.340. The summed E-state index contributed by atoms with van der Waals surface area (Å²) in [5.74, 6) is 0.445. The van der Waals surface area contributed by atoms with Crippen molar-refractivity contribution < 1.29 is 19.0 Å². The number of methoxy groups -OCH3 is 1. The lowest BCUT2D eigenvalue weighted by molar-refractivity contribution is 0.214. The number of halogens is 2. The lowest BCUT2D eigenvalue weighted by atomic mass is 10.0. The van der Waals surface area contributed by atoms with E-state index in [1.807, 2.05) is 24.3 Å². The predicted octanol–water partition coefficient (Wildman–Crippen LogP) is 4.90. The van der Waals surface area contributed by atoms with Gasteiger partial charge in [0.25, 0.3) is 0 Å². The smallest absolute Gasteiger partial charge is 0.164 e. The Labute approximate surface area is 186 Å². The minimum atomic E-state index is -1.26. The molecule has 1 atom stereocenters. The molecule has 9 heteroatoms. The lowest BCUT2D eigenvalue weighted by Crippen LogP contribution is -2.05. The summed E-state index contributed by atoms with van der Waals surface area (Å²) in [5.41, 5.74) is 2.74. The molecule has 32 heavy (non-hydrogen) atoms. The topological polar surface area (TPSA) is 96.1 Å². The van der Waals surface area contributed by atoms with E-state index in [4.69, 9.17) is 21.1 Å². The minimum absolute atomic E-state index is 0.0406. The number of pyridine rings is 1. The van der Waals surface area contributed by atoms with Crippen LogP contribution in [0.2, 0.25) is 5.02 Å². The zero-order chi connectivity index (χ0) is 22.2. The molecule has 0 aliphatic rings. The molecule has 162 valence electrons. The van der Waals surface area contributed by atoms with Crippen LogP contribution in [0.3, 0.4) is 0 Å². The Morgan fingerprint density at radius 3 is 2.81 bits per heavy atom. The minimum Gasteiger partial charge on any atom is -0.493 e. The number of aliphatic hydroxyl groups is 1. The van der Waals surface area contributed by atoms with Gasteiger partial charge in [0.1, 0.15) is 30.0 Å². The normalized spacial score (nSPS) is 12.4. The molecule has 0 amide bonds. The van der Waals surface area contributed by atoms with Crippen molar-refractivity contribution in [1.82, 2.24) is 19.9 Å². The van der Waals surface area contributed by atoms with Crippen molar-refractivity contribution in [2.75, 3.05) is 7.11 Å². The van der Waals surface area contributed by atoms with Gasteiger partial charge in [-0.1, -0.05) is 23.7 Å². The van der Waals surface area contributed by atoms with Gasteiger partial charge < -0.3 is 24.5 Å². The summed E-state index contributed by atoms with van der Waals surface area (Å²) in [7, 11) is 1.45. The number of nitrogens with one attached hydrogen (secondary N) is 2. The molecule has 3 N–H and O–H groups in total. The highest BCUT2D eigenvalue weighted by Gasteiger charge is 2.22. The van der Waals surface area contributed by atoms with Gasteiger partial charge >= 0.3 is 0 Å². The number of H-pyrrole nitrogens is 2. The number of nitrogens with zero attached hydrogens (tertiary/aromatic N) is 2. The standard InChI is InChI=1S/C23H18ClFN4O3/c1-31-19-7-14(22(30)15-10-27-23-13(15)6-12(24)9-26-23)16(25)8-20(19)32-11-21-28-17-4-2-3-5-18(17)29-21/h2-10,22,30H,11H2,1H3,(H,26,27)(H,28,29). The van der Waals surface area contributed by atoms with E-state index in [2.05, 4.69) is 19.9 Å². The summed E-state index contributed by atoms with van der Waals surface area (Å²) in [6, 6.07) is 11.9. The molecule has 0 radical (unpaired) electrons. The van der Waals surface area contributed by atoms with Gasteiger partial charge in [-0.2, -0.15) is 0 Å². The summed E-state index contributed by atoms with van der Waals surface area (Å²) in [5, 5.41) is 11.9. The highest BCUT2D eigenvalue weighted by Crippen LogP contribution is 2.37. The molecule has 3 heterocycles. The van der Waals surface area contributed by atoms with E-state index < -0.39 is 11.9 Å². The average Bonchev–Trinajstić information content (AvgIpc) is 3.40. The first kappa shape index (κ1) is 20.3. The Hall–Kier alpha value is -3.62. The van der Waals surface area contributed by atoms with Crippen molar-refractivity contribution in [3.8, 4) is 11.5 Å². The molecule has 0 spiro atoms. The molecule has 0 fully saturated rings. The van der Waals surface area contributed by atoms with Crippen LogP contribution in [0.5, 0.6) is 11.5 Å². The molecule has 0 saturated carbocycles. The molecule has 1 unspecified atom stereocenters. The second-order valence-electron chi connectivity index (χ2n) is 7.21. The summed E-state index contributed by atoms with van der Waals surface area (Å²) in [4.78, 5) is 14.7. The number of hydrogen-bond acceptors (Lipinski definition) is 5. The van der Waals surface area contributed by atoms with Crippen LogP contribution in [0.15, 0.2) is 54.9 Å². The lowest BCUT2D eigenvalue weighted by Gasteiger charge is -2.16. The number of hydrogen-bond donors (Lipinski definition) is 3. The number of ether oxygens (including phenoxy) is 2. The highest BCUT2D eigenvalue weighted by atomic mass is 35.5.